The summed E-state index contributed by atoms with van der Waals surface area (Å²) in [6.07, 6.45) is 1.10. The largest absolute Gasteiger partial charge is 0.453 e. The fraction of sp³-hybridized carbons (Fsp3) is 0.500. The molecular formula is C14H17F3N2O2. The van der Waals surface area contributed by atoms with Gasteiger partial charge in [0.15, 0.2) is 17.5 Å². The number of ether oxygens (including phenoxy) is 1. The number of hydrogen-bond acceptors (Lipinski definition) is 3. The highest BCUT2D eigenvalue weighted by Crippen LogP contribution is 2.15. The van der Waals surface area contributed by atoms with Crippen LogP contribution < -0.4 is 5.32 Å². The van der Waals surface area contributed by atoms with Crippen LogP contribution in [-0.4, -0.2) is 37.2 Å². The van der Waals surface area contributed by atoms with Gasteiger partial charge in [-0.05, 0) is 30.5 Å². The number of carbonyl (C=O) groups is 1. The van der Waals surface area contributed by atoms with Crippen molar-refractivity contribution >= 4 is 6.09 Å². The first kappa shape index (κ1) is 15.6. The Morgan fingerprint density at radius 2 is 1.86 bits per heavy atom. The average Bonchev–Trinajstić information content (AvgIpc) is 2.50. The Bertz CT molecular complexity index is 494. The molecular weight excluding hydrogens is 285 g/mol. The van der Waals surface area contributed by atoms with Crippen molar-refractivity contribution in [2.45, 2.75) is 25.4 Å². The van der Waals surface area contributed by atoms with E-state index in [9.17, 15) is 18.0 Å². The summed E-state index contributed by atoms with van der Waals surface area (Å²) in [5.74, 6) is -3.83. The summed E-state index contributed by atoms with van der Waals surface area (Å²) < 4.78 is 43.6. The Kier molecular flexibility index (Phi) is 5.06. The molecule has 7 heteroatoms. The maximum Gasteiger partial charge on any atom is 0.409 e. The van der Waals surface area contributed by atoms with E-state index in [1.807, 2.05) is 0 Å². The molecule has 1 amide bonds. The number of rotatable bonds is 3. The van der Waals surface area contributed by atoms with Gasteiger partial charge in [-0.25, -0.2) is 18.0 Å². The van der Waals surface area contributed by atoms with Crippen LogP contribution in [0.5, 0.6) is 0 Å². The van der Waals surface area contributed by atoms with E-state index in [1.165, 1.54) is 7.11 Å². The van der Waals surface area contributed by atoms with Gasteiger partial charge >= 0.3 is 6.09 Å². The average molecular weight is 302 g/mol. The zero-order valence-electron chi connectivity index (χ0n) is 11.7. The van der Waals surface area contributed by atoms with Crippen LogP contribution >= 0.6 is 0 Å². The molecule has 4 nitrogen and oxygen atoms in total. The Morgan fingerprint density at radius 1 is 1.29 bits per heavy atom. The molecule has 1 aromatic rings. The SMILES string of the molecule is COC(=O)N1CCC(NCc2cc(F)c(F)c(F)c2)CC1. The van der Waals surface area contributed by atoms with Crippen LogP contribution in [0.2, 0.25) is 0 Å². The second-order valence-electron chi connectivity index (χ2n) is 4.99. The van der Waals surface area contributed by atoms with Gasteiger partial charge < -0.3 is 15.0 Å². The quantitative estimate of drug-likeness (QED) is 0.872. The molecule has 1 saturated heterocycles. The molecule has 21 heavy (non-hydrogen) atoms. The molecule has 0 unspecified atom stereocenters. The molecule has 1 fully saturated rings. The van der Waals surface area contributed by atoms with Gasteiger partial charge in [0.2, 0.25) is 0 Å². The maximum atomic E-state index is 13.1. The molecule has 2 rings (SSSR count). The topological polar surface area (TPSA) is 41.6 Å². The number of piperidine rings is 1. The van der Waals surface area contributed by atoms with Gasteiger partial charge in [0, 0.05) is 25.7 Å². The number of methoxy groups -OCH3 is 1. The lowest BCUT2D eigenvalue weighted by Gasteiger charge is -2.31. The number of hydrogen-bond donors (Lipinski definition) is 1. The molecule has 1 N–H and O–H groups in total. The lowest BCUT2D eigenvalue weighted by atomic mass is 10.0. The number of nitrogens with one attached hydrogen (secondary N) is 1. The fourth-order valence-corrected chi connectivity index (χ4v) is 2.37. The fourth-order valence-electron chi connectivity index (χ4n) is 2.37. The minimum absolute atomic E-state index is 0.141. The monoisotopic (exact) mass is 302 g/mol. The predicted octanol–water partition coefficient (Wildman–Crippen LogP) is 2.42. The predicted molar refractivity (Wildman–Crippen MR) is 70.2 cm³/mol. The van der Waals surface area contributed by atoms with Crippen molar-refractivity contribution in [2.24, 2.45) is 0 Å². The van der Waals surface area contributed by atoms with Crippen molar-refractivity contribution in [1.29, 1.82) is 0 Å². The van der Waals surface area contributed by atoms with E-state index in [-0.39, 0.29) is 18.7 Å². The maximum absolute atomic E-state index is 13.1. The molecule has 0 saturated carbocycles. The number of amides is 1. The summed E-state index contributed by atoms with van der Waals surface area (Å²) >= 11 is 0. The number of nitrogens with zero attached hydrogens (tertiary/aromatic N) is 1. The molecule has 1 aliphatic rings. The molecule has 1 aromatic carbocycles. The summed E-state index contributed by atoms with van der Waals surface area (Å²) in [6, 6.07) is 2.10. The summed E-state index contributed by atoms with van der Waals surface area (Å²) in [5.41, 5.74) is 0.349. The third-order valence-electron chi connectivity index (χ3n) is 3.57. The van der Waals surface area contributed by atoms with Crippen LogP contribution in [0.4, 0.5) is 18.0 Å². The highest BCUT2D eigenvalue weighted by atomic mass is 19.2. The van der Waals surface area contributed by atoms with E-state index >= 15 is 0 Å². The van der Waals surface area contributed by atoms with Crippen molar-refractivity contribution in [3.05, 3.63) is 35.1 Å². The molecule has 116 valence electrons. The van der Waals surface area contributed by atoms with Gasteiger partial charge in [0.05, 0.1) is 7.11 Å². The summed E-state index contributed by atoms with van der Waals surface area (Å²) in [6.45, 7) is 1.38. The van der Waals surface area contributed by atoms with Crippen LogP contribution in [0.1, 0.15) is 18.4 Å². The van der Waals surface area contributed by atoms with Crippen molar-refractivity contribution in [2.75, 3.05) is 20.2 Å². The van der Waals surface area contributed by atoms with Crippen LogP contribution in [-0.2, 0) is 11.3 Å². The summed E-state index contributed by atoms with van der Waals surface area (Å²) in [7, 11) is 1.34. The Hall–Kier alpha value is -1.76. The minimum Gasteiger partial charge on any atom is -0.453 e. The number of halogens is 3. The molecule has 0 aliphatic carbocycles. The van der Waals surface area contributed by atoms with Gasteiger partial charge in [-0.1, -0.05) is 0 Å². The van der Waals surface area contributed by atoms with E-state index in [0.717, 1.165) is 25.0 Å². The summed E-state index contributed by atoms with van der Waals surface area (Å²) in [5, 5.41) is 3.15. The first-order valence-electron chi connectivity index (χ1n) is 6.71. The van der Waals surface area contributed by atoms with E-state index in [0.29, 0.717) is 18.7 Å². The minimum atomic E-state index is -1.45. The lowest BCUT2D eigenvalue weighted by Crippen LogP contribution is -2.44. The number of carbonyl (C=O) groups excluding carboxylic acids is 1. The van der Waals surface area contributed by atoms with E-state index in [4.69, 9.17) is 0 Å². The van der Waals surface area contributed by atoms with Crippen molar-refractivity contribution in [1.82, 2.24) is 10.2 Å². The van der Waals surface area contributed by atoms with Crippen molar-refractivity contribution in [3.8, 4) is 0 Å². The normalized spacial score (nSPS) is 16.1. The van der Waals surface area contributed by atoms with E-state index in [1.54, 1.807) is 4.90 Å². The van der Waals surface area contributed by atoms with Crippen LogP contribution in [0.3, 0.4) is 0 Å². The Labute approximate surface area is 120 Å². The zero-order chi connectivity index (χ0) is 15.4. The highest BCUT2D eigenvalue weighted by Gasteiger charge is 2.22. The van der Waals surface area contributed by atoms with Crippen LogP contribution in [0.25, 0.3) is 0 Å². The first-order chi connectivity index (χ1) is 10.0. The smallest absolute Gasteiger partial charge is 0.409 e. The van der Waals surface area contributed by atoms with Gasteiger partial charge in [0.25, 0.3) is 0 Å². The molecule has 0 radical (unpaired) electrons. The molecule has 0 spiro atoms. The van der Waals surface area contributed by atoms with Crippen molar-refractivity contribution < 1.29 is 22.7 Å². The molecule has 1 aliphatic heterocycles. The Morgan fingerprint density at radius 3 is 2.38 bits per heavy atom. The van der Waals surface area contributed by atoms with E-state index < -0.39 is 17.5 Å². The Balaban J connectivity index is 1.84. The number of benzene rings is 1. The van der Waals surface area contributed by atoms with Gasteiger partial charge in [-0.3, -0.25) is 0 Å². The highest BCUT2D eigenvalue weighted by molar-refractivity contribution is 5.67. The van der Waals surface area contributed by atoms with Crippen LogP contribution in [0.15, 0.2) is 12.1 Å². The van der Waals surface area contributed by atoms with E-state index in [2.05, 4.69) is 10.1 Å². The van der Waals surface area contributed by atoms with Crippen molar-refractivity contribution in [3.63, 3.8) is 0 Å². The molecule has 1 heterocycles. The molecule has 0 bridgehead atoms. The third-order valence-corrected chi connectivity index (χ3v) is 3.57. The van der Waals surface area contributed by atoms with Crippen LogP contribution in [0, 0.1) is 17.5 Å². The lowest BCUT2D eigenvalue weighted by molar-refractivity contribution is 0.109. The van der Waals surface area contributed by atoms with Gasteiger partial charge in [-0.2, -0.15) is 0 Å². The summed E-state index contributed by atoms with van der Waals surface area (Å²) in [4.78, 5) is 12.9. The standard InChI is InChI=1S/C14H17F3N2O2/c1-21-14(20)19-4-2-10(3-5-19)18-8-9-6-11(15)13(17)12(16)7-9/h6-7,10,18H,2-5,8H2,1H3. The molecule has 0 aromatic heterocycles. The van der Waals surface area contributed by atoms with Gasteiger partial charge in [-0.15, -0.1) is 0 Å². The first-order valence-corrected chi connectivity index (χ1v) is 6.71. The molecule has 0 atom stereocenters. The number of likely N-dealkylation sites (tertiary alicyclic amines) is 1. The zero-order valence-corrected chi connectivity index (χ0v) is 11.7. The third kappa shape index (κ3) is 3.87. The second-order valence-corrected chi connectivity index (χ2v) is 4.99. The van der Waals surface area contributed by atoms with Gasteiger partial charge in [0.1, 0.15) is 0 Å². The second kappa shape index (κ2) is 6.80.